The van der Waals surface area contributed by atoms with Crippen molar-refractivity contribution in [3.8, 4) is 0 Å². The molecule has 1 N–H and O–H groups in total. The molecule has 30 heavy (non-hydrogen) atoms. The van der Waals surface area contributed by atoms with Gasteiger partial charge in [0.25, 0.3) is 0 Å². The van der Waals surface area contributed by atoms with E-state index in [0.717, 1.165) is 30.7 Å². The van der Waals surface area contributed by atoms with Crippen LogP contribution in [0.4, 0.5) is 19.3 Å². The van der Waals surface area contributed by atoms with Crippen LogP contribution in [-0.2, 0) is 18.4 Å². The molecular formula is C22H28F2N4O2. The SMILES string of the molecule is CC(C)CN(Cc1cccn1C)C(=O)CN(C(=O)Nc1ccc(F)c(F)c1)C1CC1. The standard InChI is InChI=1S/C22H28F2N4O2/c1-15(2)12-27(13-18-5-4-10-26(18)3)21(29)14-28(17-7-8-17)22(30)25-16-6-9-19(23)20(24)11-16/h4-6,9-11,15,17H,7-8,12-14H2,1-3H3,(H,25,30). The zero-order valence-electron chi connectivity index (χ0n) is 17.6. The first-order valence-corrected chi connectivity index (χ1v) is 10.1. The second kappa shape index (κ2) is 9.28. The number of nitrogens with one attached hydrogen (secondary N) is 1. The Balaban J connectivity index is 1.70. The summed E-state index contributed by atoms with van der Waals surface area (Å²) in [5.41, 5.74) is 1.16. The van der Waals surface area contributed by atoms with Crippen LogP contribution in [0.15, 0.2) is 36.5 Å². The lowest BCUT2D eigenvalue weighted by Gasteiger charge is -2.29. The van der Waals surface area contributed by atoms with Gasteiger partial charge in [-0.05, 0) is 43.0 Å². The highest BCUT2D eigenvalue weighted by molar-refractivity contribution is 5.92. The highest BCUT2D eigenvalue weighted by atomic mass is 19.2. The van der Waals surface area contributed by atoms with Gasteiger partial charge in [-0.25, -0.2) is 13.6 Å². The Kier molecular flexibility index (Phi) is 6.74. The van der Waals surface area contributed by atoms with Gasteiger partial charge in [-0.1, -0.05) is 13.8 Å². The third-order valence-electron chi connectivity index (χ3n) is 5.07. The Bertz CT molecular complexity index is 908. The van der Waals surface area contributed by atoms with Crippen molar-refractivity contribution in [3.63, 3.8) is 0 Å². The van der Waals surface area contributed by atoms with Crippen LogP contribution in [0.3, 0.4) is 0 Å². The van der Waals surface area contributed by atoms with Gasteiger partial charge in [0.2, 0.25) is 5.91 Å². The predicted molar refractivity (Wildman–Crippen MR) is 111 cm³/mol. The lowest BCUT2D eigenvalue weighted by atomic mass is 10.2. The highest BCUT2D eigenvalue weighted by Gasteiger charge is 2.35. The zero-order chi connectivity index (χ0) is 21.8. The van der Waals surface area contributed by atoms with E-state index < -0.39 is 17.7 Å². The van der Waals surface area contributed by atoms with Crippen molar-refractivity contribution in [1.82, 2.24) is 14.4 Å². The van der Waals surface area contributed by atoms with Crippen molar-refractivity contribution >= 4 is 17.6 Å². The van der Waals surface area contributed by atoms with Crippen molar-refractivity contribution in [2.75, 3.05) is 18.4 Å². The van der Waals surface area contributed by atoms with Gasteiger partial charge in [0.15, 0.2) is 11.6 Å². The van der Waals surface area contributed by atoms with Gasteiger partial charge in [0, 0.05) is 43.3 Å². The van der Waals surface area contributed by atoms with E-state index in [4.69, 9.17) is 0 Å². The van der Waals surface area contributed by atoms with E-state index in [0.29, 0.717) is 13.1 Å². The molecular weight excluding hydrogens is 390 g/mol. The fraction of sp³-hybridized carbons (Fsp3) is 0.455. The summed E-state index contributed by atoms with van der Waals surface area (Å²) in [5, 5.41) is 2.58. The van der Waals surface area contributed by atoms with E-state index in [1.54, 1.807) is 4.90 Å². The number of benzene rings is 1. The minimum Gasteiger partial charge on any atom is -0.353 e. The third-order valence-corrected chi connectivity index (χ3v) is 5.07. The Hall–Kier alpha value is -2.90. The first kappa shape index (κ1) is 21.8. The topological polar surface area (TPSA) is 57.6 Å². The summed E-state index contributed by atoms with van der Waals surface area (Å²) in [4.78, 5) is 29.1. The van der Waals surface area contributed by atoms with Crippen molar-refractivity contribution in [2.24, 2.45) is 13.0 Å². The molecule has 1 aromatic heterocycles. The Labute approximate surface area is 175 Å². The summed E-state index contributed by atoms with van der Waals surface area (Å²) >= 11 is 0. The number of rotatable bonds is 8. The summed E-state index contributed by atoms with van der Waals surface area (Å²) < 4.78 is 28.5. The molecule has 0 unspecified atom stereocenters. The molecule has 0 atom stereocenters. The maximum Gasteiger partial charge on any atom is 0.322 e. The molecule has 162 valence electrons. The number of urea groups is 1. The molecule has 1 heterocycles. The van der Waals surface area contributed by atoms with Crippen LogP contribution in [0.2, 0.25) is 0 Å². The molecule has 0 bridgehead atoms. The minimum atomic E-state index is -1.03. The molecule has 0 aliphatic heterocycles. The number of amides is 3. The fourth-order valence-corrected chi connectivity index (χ4v) is 3.32. The first-order valence-electron chi connectivity index (χ1n) is 10.1. The number of carbonyl (C=O) groups excluding carboxylic acids is 2. The molecule has 1 aromatic carbocycles. The Morgan fingerprint density at radius 1 is 1.20 bits per heavy atom. The Morgan fingerprint density at radius 3 is 2.50 bits per heavy atom. The van der Waals surface area contributed by atoms with Crippen LogP contribution in [0.1, 0.15) is 32.4 Å². The van der Waals surface area contributed by atoms with E-state index in [1.807, 2.05) is 43.8 Å². The summed E-state index contributed by atoms with van der Waals surface area (Å²) in [6, 6.07) is 6.58. The molecule has 8 heteroatoms. The van der Waals surface area contributed by atoms with Crippen LogP contribution >= 0.6 is 0 Å². The average Bonchev–Trinajstić information content (AvgIpc) is 3.44. The summed E-state index contributed by atoms with van der Waals surface area (Å²) in [7, 11) is 1.93. The van der Waals surface area contributed by atoms with E-state index in [1.165, 1.54) is 11.0 Å². The summed E-state index contributed by atoms with van der Waals surface area (Å²) in [5.74, 6) is -1.88. The smallest absolute Gasteiger partial charge is 0.322 e. The Morgan fingerprint density at radius 2 is 1.93 bits per heavy atom. The molecule has 0 radical (unpaired) electrons. The van der Waals surface area contributed by atoms with Gasteiger partial charge in [0.05, 0.1) is 6.54 Å². The monoisotopic (exact) mass is 418 g/mol. The van der Waals surface area contributed by atoms with Gasteiger partial charge in [-0.15, -0.1) is 0 Å². The third kappa shape index (κ3) is 5.58. The number of carbonyl (C=O) groups is 2. The largest absolute Gasteiger partial charge is 0.353 e. The molecule has 1 saturated carbocycles. The highest BCUT2D eigenvalue weighted by Crippen LogP contribution is 2.28. The number of halogens is 2. The van der Waals surface area contributed by atoms with Crippen LogP contribution < -0.4 is 5.32 Å². The normalized spacial score (nSPS) is 13.4. The summed E-state index contributed by atoms with van der Waals surface area (Å²) in [6.07, 6.45) is 3.57. The van der Waals surface area contributed by atoms with Crippen molar-refractivity contribution in [1.29, 1.82) is 0 Å². The van der Waals surface area contributed by atoms with Gasteiger partial charge >= 0.3 is 6.03 Å². The van der Waals surface area contributed by atoms with E-state index >= 15 is 0 Å². The van der Waals surface area contributed by atoms with E-state index in [9.17, 15) is 18.4 Å². The molecule has 0 spiro atoms. The lowest BCUT2D eigenvalue weighted by Crippen LogP contribution is -2.46. The predicted octanol–water partition coefficient (Wildman–Crippen LogP) is 3.98. The lowest BCUT2D eigenvalue weighted by molar-refractivity contribution is -0.133. The molecule has 2 aromatic rings. The molecule has 0 saturated heterocycles. The van der Waals surface area contributed by atoms with E-state index in [-0.39, 0.29) is 30.1 Å². The van der Waals surface area contributed by atoms with Crippen molar-refractivity contribution < 1.29 is 18.4 Å². The number of hydrogen-bond donors (Lipinski definition) is 1. The molecule has 3 amide bonds. The maximum atomic E-state index is 13.4. The first-order chi connectivity index (χ1) is 14.2. The van der Waals surface area contributed by atoms with Crippen LogP contribution in [0.5, 0.6) is 0 Å². The van der Waals surface area contributed by atoms with Gasteiger partial charge in [-0.2, -0.15) is 0 Å². The van der Waals surface area contributed by atoms with E-state index in [2.05, 4.69) is 5.32 Å². The number of nitrogens with zero attached hydrogens (tertiary/aromatic N) is 3. The summed E-state index contributed by atoms with van der Waals surface area (Å²) in [6.45, 7) is 5.06. The quantitative estimate of drug-likeness (QED) is 0.705. The molecule has 1 aliphatic carbocycles. The van der Waals surface area contributed by atoms with Crippen LogP contribution in [0.25, 0.3) is 0 Å². The van der Waals surface area contributed by atoms with Gasteiger partial charge < -0.3 is 19.7 Å². The van der Waals surface area contributed by atoms with Gasteiger partial charge in [0.1, 0.15) is 6.54 Å². The number of hydrogen-bond acceptors (Lipinski definition) is 2. The van der Waals surface area contributed by atoms with Crippen molar-refractivity contribution in [2.45, 2.75) is 39.3 Å². The van der Waals surface area contributed by atoms with Crippen LogP contribution in [-0.4, -0.2) is 45.4 Å². The molecule has 6 nitrogen and oxygen atoms in total. The van der Waals surface area contributed by atoms with Gasteiger partial charge in [-0.3, -0.25) is 4.79 Å². The molecule has 1 fully saturated rings. The van der Waals surface area contributed by atoms with Crippen molar-refractivity contribution in [3.05, 3.63) is 53.9 Å². The maximum absolute atomic E-state index is 13.4. The van der Waals surface area contributed by atoms with Crippen LogP contribution in [0, 0.1) is 17.6 Å². The minimum absolute atomic E-state index is 0.0184. The molecule has 1 aliphatic rings. The fourth-order valence-electron chi connectivity index (χ4n) is 3.32. The average molecular weight is 418 g/mol. The number of anilines is 1. The number of aryl methyl sites for hydroxylation is 1. The second-order valence-electron chi connectivity index (χ2n) is 8.20. The molecule has 3 rings (SSSR count). The number of aromatic nitrogens is 1. The zero-order valence-corrected chi connectivity index (χ0v) is 17.6. The second-order valence-corrected chi connectivity index (χ2v) is 8.20.